The van der Waals surface area contributed by atoms with Gasteiger partial charge < -0.3 is 15.0 Å². The fraction of sp³-hybridized carbons (Fsp3) is 0.278. The zero-order valence-electron chi connectivity index (χ0n) is 14.2. The summed E-state index contributed by atoms with van der Waals surface area (Å²) in [5.41, 5.74) is 8.24. The van der Waals surface area contributed by atoms with Crippen LogP contribution in [0.2, 0.25) is 0 Å². The number of nitrogens with zero attached hydrogens (tertiary/aromatic N) is 4. The number of aryl methyl sites for hydroxylation is 1. The Labute approximate surface area is 150 Å². The van der Waals surface area contributed by atoms with E-state index in [0.717, 1.165) is 35.0 Å². The number of unbranched alkanes of at least 4 members (excludes halogenated alkanes) is 1. The van der Waals surface area contributed by atoms with E-state index in [9.17, 15) is 5.26 Å². The highest BCUT2D eigenvalue weighted by molar-refractivity contribution is 7.99. The Hall–Kier alpha value is -2.72. The molecule has 0 radical (unpaired) electrons. The van der Waals surface area contributed by atoms with Gasteiger partial charge in [-0.05, 0) is 30.7 Å². The highest BCUT2D eigenvalue weighted by Crippen LogP contribution is 2.35. The van der Waals surface area contributed by atoms with Crippen molar-refractivity contribution in [3.63, 3.8) is 0 Å². The average Bonchev–Trinajstić information content (AvgIpc) is 2.98. The molecule has 0 amide bonds. The molecule has 7 heteroatoms. The maximum absolute atomic E-state index is 9.39. The summed E-state index contributed by atoms with van der Waals surface area (Å²) in [5.74, 6) is 1.12. The lowest BCUT2D eigenvalue weighted by Gasteiger charge is -2.10. The minimum Gasteiger partial charge on any atom is -0.497 e. The van der Waals surface area contributed by atoms with Crippen LogP contribution < -0.4 is 10.5 Å². The average molecular weight is 353 g/mol. The minimum absolute atomic E-state index is 0.417. The smallest absolute Gasteiger partial charge is 0.174 e. The number of nitriles is 1. The van der Waals surface area contributed by atoms with Crippen molar-refractivity contribution in [1.82, 2.24) is 14.5 Å². The number of nitrogens with two attached hydrogens (primary N) is 1. The Balaban J connectivity index is 2.09. The van der Waals surface area contributed by atoms with Gasteiger partial charge in [0.1, 0.15) is 17.3 Å². The maximum atomic E-state index is 9.39. The van der Waals surface area contributed by atoms with Gasteiger partial charge in [-0.1, -0.05) is 25.1 Å². The first-order valence-electron chi connectivity index (χ1n) is 8.04. The Morgan fingerprint density at radius 2 is 2.20 bits per heavy atom. The number of hydrogen-bond acceptors (Lipinski definition) is 6. The van der Waals surface area contributed by atoms with Gasteiger partial charge in [0.2, 0.25) is 0 Å². The third-order valence-electron chi connectivity index (χ3n) is 3.91. The van der Waals surface area contributed by atoms with Gasteiger partial charge >= 0.3 is 0 Å². The van der Waals surface area contributed by atoms with E-state index in [4.69, 9.17) is 10.5 Å². The molecule has 0 fully saturated rings. The molecule has 0 aliphatic carbocycles. The second-order valence-corrected chi connectivity index (χ2v) is 6.55. The second kappa shape index (κ2) is 7.45. The molecule has 25 heavy (non-hydrogen) atoms. The van der Waals surface area contributed by atoms with Gasteiger partial charge in [-0.15, -0.1) is 0 Å². The first-order chi connectivity index (χ1) is 12.2. The van der Waals surface area contributed by atoms with Crippen molar-refractivity contribution in [2.75, 3.05) is 12.8 Å². The topological polar surface area (TPSA) is 89.8 Å². The number of rotatable bonds is 6. The van der Waals surface area contributed by atoms with Crippen LogP contribution in [-0.4, -0.2) is 21.6 Å². The lowest BCUT2D eigenvalue weighted by Crippen LogP contribution is -2.00. The molecule has 0 bridgehead atoms. The molecule has 2 N–H and O–H groups in total. The number of benzene rings is 1. The first-order valence-corrected chi connectivity index (χ1v) is 8.86. The van der Waals surface area contributed by atoms with Crippen LogP contribution in [0.4, 0.5) is 5.82 Å². The predicted octanol–water partition coefficient (Wildman–Crippen LogP) is 3.85. The van der Waals surface area contributed by atoms with E-state index < -0.39 is 0 Å². The summed E-state index contributed by atoms with van der Waals surface area (Å²) < 4.78 is 7.43. The first kappa shape index (κ1) is 17.1. The summed E-state index contributed by atoms with van der Waals surface area (Å²) in [6.45, 7) is 2.99. The van der Waals surface area contributed by atoms with Crippen LogP contribution in [0.3, 0.4) is 0 Å². The molecule has 1 aromatic carbocycles. The van der Waals surface area contributed by atoms with Gasteiger partial charge in [0.15, 0.2) is 11.0 Å². The quantitative estimate of drug-likeness (QED) is 0.724. The summed E-state index contributed by atoms with van der Waals surface area (Å²) in [5, 5.41) is 10.2. The van der Waals surface area contributed by atoms with Crippen molar-refractivity contribution in [3.8, 4) is 11.8 Å². The van der Waals surface area contributed by atoms with Gasteiger partial charge in [0, 0.05) is 17.6 Å². The van der Waals surface area contributed by atoms with Crippen LogP contribution in [0.5, 0.6) is 5.75 Å². The normalized spacial score (nSPS) is 10.8. The number of anilines is 1. The molecule has 2 heterocycles. The molecule has 2 aromatic heterocycles. The van der Waals surface area contributed by atoms with E-state index in [0.29, 0.717) is 22.6 Å². The van der Waals surface area contributed by atoms with E-state index in [1.54, 1.807) is 25.4 Å². The number of ether oxygens (including phenoxy) is 1. The number of nitrogen functional groups attached to an aromatic ring is 1. The zero-order chi connectivity index (χ0) is 17.8. The number of pyridine rings is 1. The largest absolute Gasteiger partial charge is 0.497 e. The molecular weight excluding hydrogens is 334 g/mol. The van der Waals surface area contributed by atoms with E-state index in [-0.39, 0.29) is 0 Å². The summed E-state index contributed by atoms with van der Waals surface area (Å²) in [7, 11) is 1.61. The number of methoxy groups -OCH3 is 1. The van der Waals surface area contributed by atoms with Crippen molar-refractivity contribution in [2.24, 2.45) is 0 Å². The van der Waals surface area contributed by atoms with Crippen molar-refractivity contribution >= 4 is 28.6 Å². The molecule has 3 rings (SSSR count). The minimum atomic E-state index is 0.417. The lowest BCUT2D eigenvalue weighted by molar-refractivity contribution is 0.413. The van der Waals surface area contributed by atoms with E-state index in [1.165, 1.54) is 11.8 Å². The fourth-order valence-electron chi connectivity index (χ4n) is 2.57. The number of aromatic nitrogens is 3. The highest BCUT2D eigenvalue weighted by Gasteiger charge is 2.16. The monoisotopic (exact) mass is 353 g/mol. The third kappa shape index (κ3) is 3.39. The van der Waals surface area contributed by atoms with Gasteiger partial charge in [-0.3, -0.25) is 0 Å². The maximum Gasteiger partial charge on any atom is 0.174 e. The van der Waals surface area contributed by atoms with Crippen LogP contribution in [0.15, 0.2) is 40.5 Å². The number of fused-ring (bicyclic) bond motifs is 1. The zero-order valence-corrected chi connectivity index (χ0v) is 15.0. The van der Waals surface area contributed by atoms with Crippen LogP contribution in [-0.2, 0) is 6.54 Å². The molecule has 6 nitrogen and oxygen atoms in total. The SMILES string of the molecule is CCCCn1c(Sc2cc(OC)ccc2C#N)nc2c(N)nccc21. The second-order valence-electron chi connectivity index (χ2n) is 5.54. The fourth-order valence-corrected chi connectivity index (χ4v) is 3.60. The van der Waals surface area contributed by atoms with E-state index in [2.05, 4.69) is 27.5 Å². The van der Waals surface area contributed by atoms with E-state index in [1.807, 2.05) is 12.1 Å². The summed E-state index contributed by atoms with van der Waals surface area (Å²) >= 11 is 1.45. The highest BCUT2D eigenvalue weighted by atomic mass is 32.2. The molecule has 0 saturated carbocycles. The van der Waals surface area contributed by atoms with Gasteiger partial charge in [0.05, 0.1) is 18.2 Å². The molecule has 0 spiro atoms. The summed E-state index contributed by atoms with van der Waals surface area (Å²) in [6, 6.07) is 9.55. The third-order valence-corrected chi connectivity index (χ3v) is 4.96. The molecule has 3 aromatic rings. The van der Waals surface area contributed by atoms with Crippen LogP contribution in [0.25, 0.3) is 11.0 Å². The van der Waals surface area contributed by atoms with Crippen LogP contribution in [0, 0.1) is 11.3 Å². The number of imidazole rings is 1. The lowest BCUT2D eigenvalue weighted by atomic mass is 10.2. The molecule has 0 aliphatic rings. The van der Waals surface area contributed by atoms with Crippen molar-refractivity contribution in [3.05, 3.63) is 36.0 Å². The molecule has 0 aliphatic heterocycles. The van der Waals surface area contributed by atoms with E-state index >= 15 is 0 Å². The summed E-state index contributed by atoms with van der Waals surface area (Å²) in [4.78, 5) is 9.62. The van der Waals surface area contributed by atoms with Crippen LogP contribution >= 0.6 is 11.8 Å². The van der Waals surface area contributed by atoms with Crippen LogP contribution in [0.1, 0.15) is 25.3 Å². The van der Waals surface area contributed by atoms with Gasteiger partial charge in [0.25, 0.3) is 0 Å². The van der Waals surface area contributed by atoms with Crippen molar-refractivity contribution < 1.29 is 4.74 Å². The Morgan fingerprint density at radius 1 is 1.36 bits per heavy atom. The van der Waals surface area contributed by atoms with Crippen molar-refractivity contribution in [1.29, 1.82) is 5.26 Å². The molecule has 0 unspecified atom stereocenters. The van der Waals surface area contributed by atoms with Crippen molar-refractivity contribution in [2.45, 2.75) is 36.4 Å². The Kier molecular flexibility index (Phi) is 5.10. The van der Waals surface area contributed by atoms with Gasteiger partial charge in [-0.2, -0.15) is 5.26 Å². The molecule has 0 saturated heterocycles. The standard InChI is InChI=1S/C18H19N5OS/c1-3-4-9-23-14-7-8-21-17(20)16(14)22-18(23)25-15-10-13(24-2)6-5-12(15)11-19/h5-8,10H,3-4,9H2,1-2H3,(H2,20,21). The van der Waals surface area contributed by atoms with Gasteiger partial charge in [-0.25, -0.2) is 9.97 Å². The molecule has 128 valence electrons. The number of hydrogen-bond donors (Lipinski definition) is 1. The molecular formula is C18H19N5OS. The Bertz CT molecular complexity index is 945. The summed E-state index contributed by atoms with van der Waals surface area (Å²) in [6.07, 6.45) is 3.81. The molecule has 0 atom stereocenters. The predicted molar refractivity (Wildman–Crippen MR) is 98.7 cm³/mol. The Morgan fingerprint density at radius 3 is 2.92 bits per heavy atom.